The molecule has 16 atom stereocenters. The minimum absolute atomic E-state index is 0. The van der Waals surface area contributed by atoms with Crippen LogP contribution in [-0.4, -0.2) is 204 Å². The quantitative estimate of drug-likeness (QED) is 0.0133. The highest BCUT2D eigenvalue weighted by Gasteiger charge is 2.46. The van der Waals surface area contributed by atoms with E-state index in [1.165, 1.54) is 44.9 Å². The summed E-state index contributed by atoms with van der Waals surface area (Å²) in [5, 5.41) is 125. The van der Waals surface area contributed by atoms with Crippen molar-refractivity contribution < 1.29 is 165 Å². The Morgan fingerprint density at radius 1 is 0.369 bits per heavy atom. The molecule has 111 heavy (non-hydrogen) atoms. The second kappa shape index (κ2) is 69.6. The van der Waals surface area contributed by atoms with Gasteiger partial charge in [-0.05, 0) is 216 Å². The second-order valence-corrected chi connectivity index (χ2v) is 22.4. The van der Waals surface area contributed by atoms with Crippen molar-refractivity contribution in [2.24, 2.45) is 0 Å². The number of aliphatic hydroxyl groups excluding tert-OH is 12. The van der Waals surface area contributed by atoms with E-state index in [0.29, 0.717) is 12.8 Å². The average molecular weight is 1590 g/mol. The molecular formula is C90H177NO20. The molecule has 21 nitrogen and oxygen atoms in total. The first-order chi connectivity index (χ1) is 54.0. The highest BCUT2D eigenvalue weighted by atomic mass is 16.7. The van der Waals surface area contributed by atoms with Gasteiger partial charge in [-0.3, -0.25) is 4.79 Å². The fraction of sp³-hybridized carbons (Fsp3) is 0.456. The molecule has 2 heterocycles. The van der Waals surface area contributed by atoms with Gasteiger partial charge in [0.25, 0.3) is 5.91 Å². The Hall–Kier alpha value is -12.2. The number of nitrogens with one attached hydrogen (secondary N) is 1. The Bertz CT molecular complexity index is 4720. The van der Waals surface area contributed by atoms with E-state index in [4.69, 9.17) is 28.5 Å². The Labute approximate surface area is 722 Å². The first-order valence-electron chi connectivity index (χ1n) is 34.7. The molecule has 2 aliphatic rings. The van der Waals surface area contributed by atoms with Crippen LogP contribution in [0.25, 0.3) is 0 Å². The molecule has 0 aromatic carbocycles. The molecule has 0 radical (unpaired) electrons. The Morgan fingerprint density at radius 2 is 0.640 bits per heavy atom. The Balaban J connectivity index is -0.0000000264. The smallest absolute Gasteiger partial charge is 0.385 e. The summed E-state index contributed by atoms with van der Waals surface area (Å²) in [6.07, 6.45) is -6.33. The molecule has 13 N–H and O–H groups in total. The van der Waals surface area contributed by atoms with Crippen LogP contribution in [0.4, 0.5) is 0 Å². The van der Waals surface area contributed by atoms with Crippen molar-refractivity contribution >= 4 is 18.7 Å². The molecule has 10 unspecified atom stereocenters. The third kappa shape index (κ3) is 50.9. The van der Waals surface area contributed by atoms with Gasteiger partial charge in [0.2, 0.25) is 0 Å². The van der Waals surface area contributed by atoms with Gasteiger partial charge in [-0.1, -0.05) is 122 Å². The number of hydrogen-bond acceptors (Lipinski definition) is 20. The van der Waals surface area contributed by atoms with E-state index in [0.717, 1.165) is 38.5 Å². The van der Waals surface area contributed by atoms with Crippen LogP contribution in [0.15, 0.2) is 0 Å². The largest absolute Gasteiger partial charge is 0.447 e. The number of unbranched alkanes of at least 4 members (excludes halogenated alkanes) is 13. The second-order valence-electron chi connectivity index (χ2n) is 22.4. The lowest BCUT2D eigenvalue weighted by Crippen LogP contribution is -2.60. The maximum Gasteiger partial charge on any atom is 0.385 e. The van der Waals surface area contributed by atoms with Gasteiger partial charge in [0.1, 0.15) is 67.8 Å². The van der Waals surface area contributed by atoms with Gasteiger partial charge < -0.3 is 95.1 Å². The number of rotatable bonds is 31. The van der Waals surface area contributed by atoms with E-state index >= 15 is 0 Å². The van der Waals surface area contributed by atoms with E-state index in [-0.39, 0.29) is 78.5 Å². The summed E-state index contributed by atoms with van der Waals surface area (Å²) >= 11 is 0. The standard InChI is InChI=1S/C50H50O10.C39H33NO9.CH2O.46H2/c1-3-5-7-9-11-13-15-17-18-19-20-21-22-23-24-25-26-27-29-31-33-35-37-39-45(53)59-44(41-58-50-49(57)48(56)47(55)43(40-51)60-50)46(54)42(52)38-36-34-32-30-28-16-14-12-10-8-6-4-2;1-3-5-7-8-9-10-11-12-13-14-15-16-17-18-19-20-21-22-23-24-26-28-34(43)40-31(35(44)32(42)27-25-6-4-2)30-48-39-38(47)37(46)36(45)33(29-41)49-39;1-2;;;;;;;;;;;;;;;;;;;;;;;;;;;;;;;;;;;;;;;;;;;;;;/h42-44,46-52,54-57H,4,6,8,10,12,14,16,28,30,32,34,36,38,40-41H2,1-2H3;31-33,35-39,41-42,44-47H,4,6,25,27,29-30H2,1-2H3,(H,40,43);1H2;46*1H/t42-,43?,44+,46-,47?,48?,49?,50?;31-,32+,33?,35-,36?,37?,38?,39?;;;;;;;;;;;;;;;;;;;;;;;;;;;;;;;;;;;;;;;;;;;;;;;/m10.............................................../s1. The molecule has 0 aliphatic carbocycles. The van der Waals surface area contributed by atoms with Gasteiger partial charge in [0.15, 0.2) is 18.7 Å². The third-order valence-electron chi connectivity index (χ3n) is 14.3. The summed E-state index contributed by atoms with van der Waals surface area (Å²) in [6.45, 7) is 7.10. The zero-order valence-corrected chi connectivity index (χ0v) is 61.9. The SMILES string of the molecule is C=O.CC#CC#CC#CC#CC#CC#CC#CC#CC#CC#CC#CC#CC(=O)O[C@@H](COC1OC(CO)C(O)C(O)C1O)[C@H](O)[C@H](O)CCCCCCCCCCCCCC.CC#CC#CC#CC#CC#CC#CC#CC#CC#CC#CC#CC(=O)N[C@@H](COC1OC(CO)C(O)C(O)C1O)[C@H](O)[C@H](O)CCCCC.[HH].[HH].[HH].[HH].[HH].[HH].[HH].[HH].[HH].[HH].[HH].[HH].[HH].[HH].[HH].[HH].[HH].[HH].[HH].[HH].[HH].[HH].[HH].[HH].[HH].[HH].[HH].[HH].[HH].[HH].[HH].[HH].[HH].[HH].[HH].[HH].[HH].[HH].[HH].[HH].[HH].[HH].[HH].[HH].[HH].[HH]. The molecular weight excluding hydrogens is 1410 g/mol. The van der Waals surface area contributed by atoms with Crippen LogP contribution < -0.4 is 5.32 Å². The molecule has 2 aliphatic heterocycles. The highest BCUT2D eigenvalue weighted by Crippen LogP contribution is 2.25. The molecule has 0 bridgehead atoms. The molecule has 2 saturated heterocycles. The zero-order valence-electron chi connectivity index (χ0n) is 61.9. The molecule has 0 saturated carbocycles. The summed E-state index contributed by atoms with van der Waals surface area (Å²) in [5.74, 6) is 111. The third-order valence-corrected chi connectivity index (χ3v) is 14.3. The minimum atomic E-state index is -1.73. The highest BCUT2D eigenvalue weighted by molar-refractivity contribution is 5.94. The molecule has 2 rings (SSSR count). The number of esters is 1. The lowest BCUT2D eigenvalue weighted by Gasteiger charge is -2.40. The molecule has 0 aromatic rings. The predicted octanol–water partition coefficient (Wildman–Crippen LogP) is 10.4. The van der Waals surface area contributed by atoms with Crippen molar-refractivity contribution in [1.82, 2.24) is 5.32 Å². The van der Waals surface area contributed by atoms with Crippen molar-refractivity contribution in [3.8, 4) is 272 Å². The number of amides is 1. The van der Waals surface area contributed by atoms with E-state index < -0.39 is 136 Å². The average Bonchev–Trinajstić information content (AvgIpc) is 0.820. The normalized spacial score (nSPS) is 18.2. The van der Waals surface area contributed by atoms with E-state index in [1.807, 2.05) is 13.7 Å². The van der Waals surface area contributed by atoms with Crippen molar-refractivity contribution in [3.05, 3.63) is 0 Å². The fourth-order valence-corrected chi connectivity index (χ4v) is 8.74. The number of carbonyl (C=O) groups excluding carboxylic acids is 3. The molecule has 0 spiro atoms. The van der Waals surface area contributed by atoms with Crippen LogP contribution >= 0.6 is 0 Å². The predicted molar refractivity (Wildman–Crippen MR) is 510 cm³/mol. The number of aliphatic hydroxyl groups is 12. The van der Waals surface area contributed by atoms with Gasteiger partial charge in [-0.15, -0.1) is 0 Å². The molecule has 21 heteroatoms. The van der Waals surface area contributed by atoms with Gasteiger partial charge in [-0.2, -0.15) is 0 Å². The van der Waals surface area contributed by atoms with Crippen LogP contribution in [0, 0.1) is 272 Å². The Morgan fingerprint density at radius 3 is 0.964 bits per heavy atom. The topological polar surface area (TPSA) is 352 Å². The maximum absolute atomic E-state index is 12.6. The first kappa shape index (κ1) is 98.8. The van der Waals surface area contributed by atoms with Gasteiger partial charge in [0.05, 0.1) is 44.7 Å². The van der Waals surface area contributed by atoms with Crippen LogP contribution in [0.3, 0.4) is 0 Å². The summed E-state index contributed by atoms with van der Waals surface area (Å²) in [7, 11) is 0. The number of hydrogen-bond donors (Lipinski definition) is 13. The summed E-state index contributed by atoms with van der Waals surface area (Å²) < 4.78 is 26.9. The molecule has 662 valence electrons. The Kier molecular flexibility index (Phi) is 62.0. The lowest BCUT2D eigenvalue weighted by molar-refractivity contribution is -0.306. The maximum atomic E-state index is 12.6. The van der Waals surface area contributed by atoms with E-state index in [2.05, 4.69) is 285 Å². The van der Waals surface area contributed by atoms with Crippen molar-refractivity contribution in [2.75, 3.05) is 26.4 Å². The van der Waals surface area contributed by atoms with Crippen LogP contribution in [0.2, 0.25) is 0 Å². The minimum Gasteiger partial charge on any atom is -0.447 e. The lowest BCUT2D eigenvalue weighted by atomic mass is 9.99. The van der Waals surface area contributed by atoms with Crippen LogP contribution in [0.1, 0.15) is 202 Å². The zero-order chi connectivity index (χ0) is 82.0. The van der Waals surface area contributed by atoms with Gasteiger partial charge in [0, 0.05) is 137 Å². The summed E-state index contributed by atoms with van der Waals surface area (Å²) in [4.78, 5) is 33.0. The molecule has 0 aromatic heterocycles. The summed E-state index contributed by atoms with van der Waals surface area (Å²) in [5.41, 5.74) is 0. The van der Waals surface area contributed by atoms with Crippen LogP contribution in [0.5, 0.6) is 0 Å². The number of ether oxygens (including phenoxy) is 5. The first-order valence-corrected chi connectivity index (χ1v) is 34.7. The van der Waals surface area contributed by atoms with Gasteiger partial charge in [-0.25, -0.2) is 4.79 Å². The van der Waals surface area contributed by atoms with Crippen molar-refractivity contribution in [2.45, 2.75) is 235 Å². The van der Waals surface area contributed by atoms with Crippen LogP contribution in [-0.2, 0) is 38.1 Å². The molecule has 2 fully saturated rings. The molecule has 1 amide bonds. The summed E-state index contributed by atoms with van der Waals surface area (Å²) in [6, 6.07) is -1.22. The fourth-order valence-electron chi connectivity index (χ4n) is 8.74. The van der Waals surface area contributed by atoms with Crippen molar-refractivity contribution in [3.63, 3.8) is 0 Å². The van der Waals surface area contributed by atoms with Crippen molar-refractivity contribution in [1.29, 1.82) is 0 Å². The monoisotopic (exact) mass is 1590 g/mol. The number of carbonyl (C=O) groups is 3. The van der Waals surface area contributed by atoms with E-state index in [9.17, 15) is 70.9 Å². The van der Waals surface area contributed by atoms with Gasteiger partial charge >= 0.3 is 5.97 Å². The van der Waals surface area contributed by atoms with E-state index in [1.54, 1.807) is 13.8 Å².